The van der Waals surface area contributed by atoms with Crippen LogP contribution in [0, 0.1) is 11.6 Å². The van der Waals surface area contributed by atoms with E-state index < -0.39 is 0 Å². The summed E-state index contributed by atoms with van der Waals surface area (Å²) < 4.78 is 30.0. The highest BCUT2D eigenvalue weighted by molar-refractivity contribution is 5.98. The fraction of sp³-hybridized carbons (Fsp3) is 0.176. The van der Waals surface area contributed by atoms with Crippen molar-refractivity contribution in [3.63, 3.8) is 0 Å². The predicted octanol–water partition coefficient (Wildman–Crippen LogP) is 4.53. The first kappa shape index (κ1) is 11.6. The van der Waals surface area contributed by atoms with Crippen molar-refractivity contribution in [1.82, 2.24) is 4.57 Å². The molecule has 0 bridgehead atoms. The molecule has 0 atom stereocenters. The maximum atomic E-state index is 14.0. The molecule has 0 radical (unpaired) electrons. The van der Waals surface area contributed by atoms with Gasteiger partial charge in [0.05, 0.1) is 5.52 Å². The van der Waals surface area contributed by atoms with Gasteiger partial charge in [-0.2, -0.15) is 0 Å². The van der Waals surface area contributed by atoms with Gasteiger partial charge in [-0.1, -0.05) is 18.2 Å². The zero-order chi connectivity index (χ0) is 13.7. The van der Waals surface area contributed by atoms with Gasteiger partial charge in [-0.15, -0.1) is 0 Å². The molecule has 0 spiro atoms. The van der Waals surface area contributed by atoms with Crippen molar-refractivity contribution in [2.24, 2.45) is 0 Å². The van der Waals surface area contributed by atoms with Crippen molar-refractivity contribution in [3.05, 3.63) is 59.8 Å². The van der Waals surface area contributed by atoms with E-state index in [0.29, 0.717) is 5.56 Å². The monoisotopic (exact) mass is 269 g/mol. The van der Waals surface area contributed by atoms with E-state index in [1.807, 2.05) is 6.20 Å². The molecule has 0 fully saturated rings. The van der Waals surface area contributed by atoms with Crippen molar-refractivity contribution in [3.8, 4) is 11.1 Å². The average Bonchev–Trinajstić information content (AvgIpc) is 2.79. The summed E-state index contributed by atoms with van der Waals surface area (Å²) in [5, 5.41) is 0.810. The smallest absolute Gasteiger partial charge is 0.131 e. The molecule has 1 aromatic heterocycles. The van der Waals surface area contributed by atoms with Crippen molar-refractivity contribution < 1.29 is 8.78 Å². The standard InChI is InChI=1S/C17H13F2N/c18-12-8-11-4-3-7-20-10-15(14(9-12)17(11)20)13-5-1-2-6-16(13)19/h1-2,5-6,8-10H,3-4,7H2. The summed E-state index contributed by atoms with van der Waals surface area (Å²) in [5.41, 5.74) is 3.39. The fourth-order valence-electron chi connectivity index (χ4n) is 3.19. The van der Waals surface area contributed by atoms with Gasteiger partial charge >= 0.3 is 0 Å². The minimum atomic E-state index is -0.267. The molecule has 0 saturated carbocycles. The first-order valence-corrected chi connectivity index (χ1v) is 6.80. The van der Waals surface area contributed by atoms with Crippen LogP contribution in [0.5, 0.6) is 0 Å². The molecule has 100 valence electrons. The molecule has 2 heterocycles. The normalized spacial score (nSPS) is 13.9. The van der Waals surface area contributed by atoms with E-state index in [-0.39, 0.29) is 11.6 Å². The second-order valence-electron chi connectivity index (χ2n) is 5.28. The Morgan fingerprint density at radius 1 is 1.00 bits per heavy atom. The Balaban J connectivity index is 2.10. The molecule has 2 aromatic carbocycles. The van der Waals surface area contributed by atoms with Crippen LogP contribution in [-0.2, 0) is 13.0 Å². The lowest BCUT2D eigenvalue weighted by Gasteiger charge is -2.15. The molecule has 0 aliphatic carbocycles. The number of nitrogens with zero attached hydrogens (tertiary/aromatic N) is 1. The van der Waals surface area contributed by atoms with Crippen molar-refractivity contribution in [2.45, 2.75) is 19.4 Å². The van der Waals surface area contributed by atoms with Gasteiger partial charge in [-0.25, -0.2) is 8.78 Å². The van der Waals surface area contributed by atoms with Gasteiger partial charge in [-0.3, -0.25) is 0 Å². The Labute approximate surface area is 115 Å². The molecule has 20 heavy (non-hydrogen) atoms. The van der Waals surface area contributed by atoms with Crippen LogP contribution in [0.15, 0.2) is 42.6 Å². The summed E-state index contributed by atoms with van der Waals surface area (Å²) in [6, 6.07) is 9.78. The summed E-state index contributed by atoms with van der Waals surface area (Å²) >= 11 is 0. The van der Waals surface area contributed by atoms with Gasteiger partial charge in [0.15, 0.2) is 0 Å². The Morgan fingerprint density at radius 2 is 1.85 bits per heavy atom. The van der Waals surface area contributed by atoms with Gasteiger partial charge < -0.3 is 4.57 Å². The molecule has 0 N–H and O–H groups in total. The zero-order valence-electron chi connectivity index (χ0n) is 10.9. The third-order valence-electron chi connectivity index (χ3n) is 4.03. The van der Waals surface area contributed by atoms with E-state index >= 15 is 0 Å². The number of halogens is 2. The van der Waals surface area contributed by atoms with Crippen molar-refractivity contribution in [1.29, 1.82) is 0 Å². The van der Waals surface area contributed by atoms with Crippen LogP contribution in [0.3, 0.4) is 0 Å². The lowest BCUT2D eigenvalue weighted by atomic mass is 9.99. The highest BCUT2D eigenvalue weighted by atomic mass is 19.1. The molecule has 1 nitrogen and oxygen atoms in total. The maximum Gasteiger partial charge on any atom is 0.131 e. The largest absolute Gasteiger partial charge is 0.347 e. The van der Waals surface area contributed by atoms with Gasteiger partial charge in [0.25, 0.3) is 0 Å². The quantitative estimate of drug-likeness (QED) is 0.611. The molecule has 0 saturated heterocycles. The molecule has 1 aliphatic rings. The van der Waals surface area contributed by atoms with Crippen LogP contribution < -0.4 is 0 Å². The molecule has 0 unspecified atom stereocenters. The van der Waals surface area contributed by atoms with E-state index in [0.717, 1.165) is 41.4 Å². The van der Waals surface area contributed by atoms with E-state index in [1.54, 1.807) is 24.3 Å². The number of aromatic nitrogens is 1. The van der Waals surface area contributed by atoms with Gasteiger partial charge in [-0.05, 0) is 36.6 Å². The van der Waals surface area contributed by atoms with Crippen LogP contribution in [0.25, 0.3) is 22.0 Å². The summed E-state index contributed by atoms with van der Waals surface area (Å²) in [7, 11) is 0. The number of benzene rings is 2. The number of hydrogen-bond donors (Lipinski definition) is 0. The lowest BCUT2D eigenvalue weighted by molar-refractivity contribution is 0.611. The second-order valence-corrected chi connectivity index (χ2v) is 5.28. The van der Waals surface area contributed by atoms with Gasteiger partial charge in [0, 0.05) is 29.3 Å². The first-order chi connectivity index (χ1) is 9.74. The van der Waals surface area contributed by atoms with Crippen LogP contribution in [-0.4, -0.2) is 4.57 Å². The van der Waals surface area contributed by atoms with E-state index in [1.165, 1.54) is 12.1 Å². The summed E-state index contributed by atoms with van der Waals surface area (Å²) in [6.07, 6.45) is 3.83. The van der Waals surface area contributed by atoms with Crippen LogP contribution in [0.1, 0.15) is 12.0 Å². The highest BCUT2D eigenvalue weighted by Gasteiger charge is 2.19. The summed E-state index contributed by atoms with van der Waals surface area (Å²) in [5.74, 6) is -0.513. The Kier molecular flexibility index (Phi) is 2.43. The number of aryl methyl sites for hydroxylation is 2. The average molecular weight is 269 g/mol. The predicted molar refractivity (Wildman–Crippen MR) is 75.6 cm³/mol. The van der Waals surface area contributed by atoms with Gasteiger partial charge in [0.1, 0.15) is 11.6 Å². The zero-order valence-corrected chi connectivity index (χ0v) is 10.9. The van der Waals surface area contributed by atoms with Crippen LogP contribution in [0.4, 0.5) is 8.78 Å². The van der Waals surface area contributed by atoms with Crippen molar-refractivity contribution in [2.75, 3.05) is 0 Å². The Hall–Kier alpha value is -2.16. The van der Waals surface area contributed by atoms with E-state index in [4.69, 9.17) is 0 Å². The van der Waals surface area contributed by atoms with E-state index in [2.05, 4.69) is 4.57 Å². The van der Waals surface area contributed by atoms with Crippen molar-refractivity contribution >= 4 is 10.9 Å². The molecule has 3 heteroatoms. The Morgan fingerprint density at radius 3 is 2.70 bits per heavy atom. The van der Waals surface area contributed by atoms with Crippen LogP contribution >= 0.6 is 0 Å². The molecule has 0 amide bonds. The first-order valence-electron chi connectivity index (χ1n) is 6.80. The van der Waals surface area contributed by atoms with Gasteiger partial charge in [0.2, 0.25) is 0 Å². The third-order valence-corrected chi connectivity index (χ3v) is 4.03. The SMILES string of the molecule is Fc1cc2c3c(c1)c(-c1ccccc1F)cn3CCC2. The Bertz CT molecular complexity index is 817. The minimum absolute atomic E-state index is 0.246. The lowest BCUT2D eigenvalue weighted by Crippen LogP contribution is -2.06. The summed E-state index contributed by atoms with van der Waals surface area (Å²) in [4.78, 5) is 0. The molecule has 1 aliphatic heterocycles. The highest BCUT2D eigenvalue weighted by Crippen LogP contribution is 2.36. The number of hydrogen-bond acceptors (Lipinski definition) is 0. The molecule has 4 rings (SSSR count). The topological polar surface area (TPSA) is 4.93 Å². The molecular weight excluding hydrogens is 256 g/mol. The van der Waals surface area contributed by atoms with E-state index in [9.17, 15) is 8.78 Å². The summed E-state index contributed by atoms with van der Waals surface area (Å²) in [6.45, 7) is 0.906. The van der Waals surface area contributed by atoms with Crippen LogP contribution in [0.2, 0.25) is 0 Å². The number of rotatable bonds is 1. The second kappa shape index (κ2) is 4.17. The fourth-order valence-corrected chi connectivity index (χ4v) is 3.19. The maximum absolute atomic E-state index is 14.0. The molecular formula is C17H13F2N. The third kappa shape index (κ3) is 1.59. The minimum Gasteiger partial charge on any atom is -0.347 e. The molecule has 3 aromatic rings.